The number of rotatable bonds is 3. The van der Waals surface area contributed by atoms with E-state index in [1.165, 1.54) is 5.56 Å². The van der Waals surface area contributed by atoms with Crippen molar-refractivity contribution in [1.29, 1.82) is 0 Å². The molecule has 0 bridgehead atoms. The number of anilines is 1. The van der Waals surface area contributed by atoms with E-state index in [4.69, 9.17) is 9.72 Å². The molecule has 1 amide bonds. The summed E-state index contributed by atoms with van der Waals surface area (Å²) in [5.41, 5.74) is 5.10. The van der Waals surface area contributed by atoms with E-state index in [9.17, 15) is 4.79 Å². The van der Waals surface area contributed by atoms with Crippen molar-refractivity contribution in [1.82, 2.24) is 14.8 Å². The van der Waals surface area contributed by atoms with E-state index in [1.54, 1.807) is 22.9 Å². The van der Waals surface area contributed by atoms with E-state index in [2.05, 4.69) is 43.3 Å². The van der Waals surface area contributed by atoms with Crippen LogP contribution < -0.4 is 10.1 Å². The Bertz CT molecular complexity index is 1210. The molecule has 0 fully saturated rings. The van der Waals surface area contributed by atoms with Crippen molar-refractivity contribution in [3.8, 4) is 11.6 Å². The molecule has 0 aliphatic rings. The highest BCUT2D eigenvalue weighted by Gasteiger charge is 2.15. The monoisotopic (exact) mass is 386 g/mol. The second-order valence-electron chi connectivity index (χ2n) is 7.19. The Labute approximate surface area is 169 Å². The van der Waals surface area contributed by atoms with Crippen molar-refractivity contribution in [3.63, 3.8) is 0 Å². The Kier molecular flexibility index (Phi) is 4.76. The van der Waals surface area contributed by atoms with Crippen molar-refractivity contribution in [2.24, 2.45) is 0 Å². The number of amides is 1. The quantitative estimate of drug-likeness (QED) is 0.521. The van der Waals surface area contributed by atoms with Gasteiger partial charge in [0.05, 0.1) is 11.2 Å². The zero-order valence-corrected chi connectivity index (χ0v) is 16.9. The number of carbonyl (C=O) groups is 1. The Balaban J connectivity index is 1.70. The average Bonchev–Trinajstić information content (AvgIpc) is 3.03. The van der Waals surface area contributed by atoms with Gasteiger partial charge in [-0.05, 0) is 63.1 Å². The summed E-state index contributed by atoms with van der Waals surface area (Å²) < 4.78 is 6.97. The predicted molar refractivity (Wildman–Crippen MR) is 114 cm³/mol. The van der Waals surface area contributed by atoms with E-state index < -0.39 is 6.09 Å². The molecule has 6 nitrogen and oxygen atoms in total. The molecule has 29 heavy (non-hydrogen) atoms. The lowest BCUT2D eigenvalue weighted by atomic mass is 10.0. The molecule has 0 aliphatic heterocycles. The van der Waals surface area contributed by atoms with Crippen molar-refractivity contribution in [3.05, 3.63) is 77.0 Å². The van der Waals surface area contributed by atoms with Crippen LogP contribution in [0.25, 0.3) is 16.7 Å². The predicted octanol–water partition coefficient (Wildman–Crippen LogP) is 5.27. The largest absolute Gasteiger partial charge is 0.418 e. The van der Waals surface area contributed by atoms with Gasteiger partial charge in [-0.25, -0.2) is 9.78 Å². The SMILES string of the molecule is Cc1cc(C)c2nc(-n3nc(C)cc3NC(=O)Oc3ccccc3)cc(C)c2c1. The van der Waals surface area contributed by atoms with E-state index in [1.807, 2.05) is 31.2 Å². The molecule has 2 aromatic carbocycles. The van der Waals surface area contributed by atoms with Crippen LogP contribution in [0, 0.1) is 27.7 Å². The number of para-hydroxylation sites is 1. The zero-order chi connectivity index (χ0) is 20.5. The molecule has 0 aliphatic carbocycles. The van der Waals surface area contributed by atoms with Crippen LogP contribution in [0.2, 0.25) is 0 Å². The lowest BCUT2D eigenvalue weighted by molar-refractivity contribution is 0.215. The number of ether oxygens (including phenoxy) is 1. The Morgan fingerprint density at radius 2 is 1.72 bits per heavy atom. The van der Waals surface area contributed by atoms with Gasteiger partial charge in [0.1, 0.15) is 11.6 Å². The summed E-state index contributed by atoms with van der Waals surface area (Å²) in [6, 6.07) is 16.9. The van der Waals surface area contributed by atoms with Crippen LogP contribution in [-0.4, -0.2) is 20.9 Å². The molecule has 0 atom stereocenters. The van der Waals surface area contributed by atoms with E-state index in [-0.39, 0.29) is 0 Å². The Morgan fingerprint density at radius 1 is 0.966 bits per heavy atom. The number of benzene rings is 2. The second-order valence-corrected chi connectivity index (χ2v) is 7.19. The molecule has 2 heterocycles. The molecule has 4 aromatic rings. The summed E-state index contributed by atoms with van der Waals surface area (Å²) in [6.07, 6.45) is -0.582. The molecule has 4 rings (SSSR count). The van der Waals surface area contributed by atoms with Crippen molar-refractivity contribution < 1.29 is 9.53 Å². The van der Waals surface area contributed by atoms with Gasteiger partial charge >= 0.3 is 6.09 Å². The first kappa shape index (κ1) is 18.7. The molecule has 0 spiro atoms. The van der Waals surface area contributed by atoms with Crippen LogP contribution in [0.1, 0.15) is 22.4 Å². The molecular weight excluding hydrogens is 364 g/mol. The van der Waals surface area contributed by atoms with E-state index in [0.29, 0.717) is 17.4 Å². The van der Waals surface area contributed by atoms with Gasteiger partial charge in [-0.15, -0.1) is 0 Å². The first-order valence-electron chi connectivity index (χ1n) is 9.40. The van der Waals surface area contributed by atoms with Gasteiger partial charge in [0.15, 0.2) is 5.82 Å². The Hall–Kier alpha value is -3.67. The lowest BCUT2D eigenvalue weighted by Crippen LogP contribution is -2.19. The first-order valence-corrected chi connectivity index (χ1v) is 9.40. The third-order valence-electron chi connectivity index (χ3n) is 4.67. The van der Waals surface area contributed by atoms with Crippen LogP contribution in [0.3, 0.4) is 0 Å². The molecule has 0 radical (unpaired) electrons. The van der Waals surface area contributed by atoms with Gasteiger partial charge in [-0.2, -0.15) is 9.78 Å². The number of aryl methyl sites for hydroxylation is 4. The minimum atomic E-state index is -0.582. The molecular formula is C23H22N4O2. The van der Waals surface area contributed by atoms with Gasteiger partial charge in [-0.3, -0.25) is 5.32 Å². The number of aromatic nitrogens is 3. The molecule has 0 saturated carbocycles. The highest BCUT2D eigenvalue weighted by atomic mass is 16.6. The number of pyridine rings is 1. The van der Waals surface area contributed by atoms with Crippen molar-refractivity contribution >= 4 is 22.8 Å². The highest BCUT2D eigenvalue weighted by molar-refractivity contribution is 5.88. The molecule has 2 aromatic heterocycles. The van der Waals surface area contributed by atoms with Gasteiger partial charge in [0, 0.05) is 11.5 Å². The smallest absolute Gasteiger partial charge is 0.410 e. The molecule has 6 heteroatoms. The molecule has 0 saturated heterocycles. The number of carbonyl (C=O) groups excluding carboxylic acids is 1. The number of nitrogens with one attached hydrogen (secondary N) is 1. The zero-order valence-electron chi connectivity index (χ0n) is 16.9. The topological polar surface area (TPSA) is 69.0 Å². The fraction of sp³-hybridized carbons (Fsp3) is 0.174. The maximum absolute atomic E-state index is 12.4. The van der Waals surface area contributed by atoms with Gasteiger partial charge in [-0.1, -0.05) is 29.8 Å². The fourth-order valence-corrected chi connectivity index (χ4v) is 3.42. The summed E-state index contributed by atoms with van der Waals surface area (Å²) >= 11 is 0. The number of hydrogen-bond donors (Lipinski definition) is 1. The number of nitrogens with zero attached hydrogens (tertiary/aromatic N) is 3. The van der Waals surface area contributed by atoms with Gasteiger partial charge in [0.25, 0.3) is 0 Å². The first-order chi connectivity index (χ1) is 13.9. The third-order valence-corrected chi connectivity index (χ3v) is 4.67. The summed E-state index contributed by atoms with van der Waals surface area (Å²) in [4.78, 5) is 17.2. The average molecular weight is 386 g/mol. The number of hydrogen-bond acceptors (Lipinski definition) is 4. The van der Waals surface area contributed by atoms with Crippen LogP contribution >= 0.6 is 0 Å². The summed E-state index contributed by atoms with van der Waals surface area (Å²) in [5, 5.41) is 8.41. The normalized spacial score (nSPS) is 10.9. The maximum Gasteiger partial charge on any atom is 0.418 e. The minimum Gasteiger partial charge on any atom is -0.410 e. The Morgan fingerprint density at radius 3 is 2.48 bits per heavy atom. The summed E-state index contributed by atoms with van der Waals surface area (Å²) in [5.74, 6) is 1.61. The second kappa shape index (κ2) is 7.39. The lowest BCUT2D eigenvalue weighted by Gasteiger charge is -2.12. The van der Waals surface area contributed by atoms with E-state index in [0.717, 1.165) is 27.7 Å². The van der Waals surface area contributed by atoms with E-state index >= 15 is 0 Å². The maximum atomic E-state index is 12.4. The summed E-state index contributed by atoms with van der Waals surface area (Å²) in [6.45, 7) is 8.06. The van der Waals surface area contributed by atoms with Crippen LogP contribution in [-0.2, 0) is 0 Å². The van der Waals surface area contributed by atoms with Crippen LogP contribution in [0.5, 0.6) is 5.75 Å². The highest BCUT2D eigenvalue weighted by Crippen LogP contribution is 2.26. The molecule has 0 unspecified atom stereocenters. The van der Waals surface area contributed by atoms with Gasteiger partial charge in [0.2, 0.25) is 0 Å². The van der Waals surface area contributed by atoms with Crippen LogP contribution in [0.15, 0.2) is 54.6 Å². The van der Waals surface area contributed by atoms with Crippen LogP contribution in [0.4, 0.5) is 10.6 Å². The third kappa shape index (κ3) is 3.82. The molecule has 1 N–H and O–H groups in total. The molecule has 146 valence electrons. The summed E-state index contributed by atoms with van der Waals surface area (Å²) in [7, 11) is 0. The standard InChI is InChI=1S/C23H22N4O2/c1-14-10-16(3)22-19(11-14)15(2)12-20(24-22)27-21(13-17(4)26-27)25-23(28)29-18-8-6-5-7-9-18/h5-13H,1-4H3,(H,25,28). The van der Waals surface area contributed by atoms with Gasteiger partial charge < -0.3 is 4.74 Å². The van der Waals surface area contributed by atoms with Crippen molar-refractivity contribution in [2.45, 2.75) is 27.7 Å². The number of fused-ring (bicyclic) bond motifs is 1. The minimum absolute atomic E-state index is 0.471. The fourth-order valence-electron chi connectivity index (χ4n) is 3.42. The van der Waals surface area contributed by atoms with Crippen molar-refractivity contribution in [2.75, 3.05) is 5.32 Å².